The van der Waals surface area contributed by atoms with Crippen LogP contribution in [0.25, 0.3) is 0 Å². The first-order chi connectivity index (χ1) is 10.3. The fraction of sp³-hybridized carbons (Fsp3) is 0.625. The van der Waals surface area contributed by atoms with Crippen LogP contribution in [0.1, 0.15) is 17.5 Å². The van der Waals surface area contributed by atoms with Crippen LogP contribution < -0.4 is 0 Å². The van der Waals surface area contributed by atoms with Crippen molar-refractivity contribution < 1.29 is 13.2 Å². The van der Waals surface area contributed by atoms with E-state index in [1.807, 2.05) is 6.07 Å². The van der Waals surface area contributed by atoms with E-state index in [0.717, 1.165) is 12.8 Å². The van der Waals surface area contributed by atoms with Crippen LogP contribution in [-0.4, -0.2) is 57.4 Å². The van der Waals surface area contributed by atoms with Gasteiger partial charge < -0.3 is 4.74 Å². The molecule has 0 N–H and O–H groups in total. The molecule has 5 nitrogen and oxygen atoms in total. The lowest BCUT2D eigenvalue weighted by Gasteiger charge is -2.38. The number of nitrogens with zero attached hydrogens (tertiary/aromatic N) is 2. The Labute approximate surface area is 134 Å². The standard InChI is InChI=1S/C16H26N2O3S/c1-13-6-5-7-14(10-13)11-15-12-18(9-8-16(15)21-4)22(19,20)17(2)3/h5-7,10,15-16H,8-9,11-12H2,1-4H3/t15-,16+/m0/s1. The highest BCUT2D eigenvalue weighted by Gasteiger charge is 2.35. The molecule has 0 bridgehead atoms. The van der Waals surface area contributed by atoms with Gasteiger partial charge in [0, 0.05) is 40.2 Å². The van der Waals surface area contributed by atoms with E-state index in [9.17, 15) is 8.42 Å². The van der Waals surface area contributed by atoms with Gasteiger partial charge in [-0.3, -0.25) is 0 Å². The van der Waals surface area contributed by atoms with Crippen molar-refractivity contribution in [1.29, 1.82) is 0 Å². The third-order valence-electron chi connectivity index (χ3n) is 4.30. The Kier molecular flexibility index (Phi) is 5.60. The Morgan fingerprint density at radius 1 is 1.36 bits per heavy atom. The third-order valence-corrected chi connectivity index (χ3v) is 6.20. The van der Waals surface area contributed by atoms with Crippen LogP contribution in [0, 0.1) is 12.8 Å². The topological polar surface area (TPSA) is 49.9 Å². The molecule has 0 radical (unpaired) electrons. The van der Waals surface area contributed by atoms with Gasteiger partial charge in [-0.15, -0.1) is 0 Å². The molecule has 0 aromatic heterocycles. The second-order valence-electron chi connectivity index (χ2n) is 6.16. The quantitative estimate of drug-likeness (QED) is 0.827. The molecule has 1 aliphatic rings. The molecule has 0 aliphatic carbocycles. The van der Waals surface area contributed by atoms with Crippen molar-refractivity contribution in [3.63, 3.8) is 0 Å². The van der Waals surface area contributed by atoms with Gasteiger partial charge in [-0.2, -0.15) is 17.0 Å². The summed E-state index contributed by atoms with van der Waals surface area (Å²) in [7, 11) is 1.51. The lowest BCUT2D eigenvalue weighted by molar-refractivity contribution is 0.0122. The highest BCUT2D eigenvalue weighted by molar-refractivity contribution is 7.86. The number of ether oxygens (including phenoxy) is 1. The maximum Gasteiger partial charge on any atom is 0.281 e. The van der Waals surface area contributed by atoms with Gasteiger partial charge in [0.15, 0.2) is 0 Å². The number of piperidine rings is 1. The predicted molar refractivity (Wildman–Crippen MR) is 88.0 cm³/mol. The zero-order chi connectivity index (χ0) is 16.3. The van der Waals surface area contributed by atoms with Crippen molar-refractivity contribution in [1.82, 2.24) is 8.61 Å². The summed E-state index contributed by atoms with van der Waals surface area (Å²) in [4.78, 5) is 0. The summed E-state index contributed by atoms with van der Waals surface area (Å²) >= 11 is 0. The molecule has 1 saturated heterocycles. The van der Waals surface area contributed by atoms with Gasteiger partial charge in [0.1, 0.15) is 0 Å². The molecule has 6 heteroatoms. The molecule has 0 saturated carbocycles. The Hall–Kier alpha value is -0.950. The van der Waals surface area contributed by atoms with Gasteiger partial charge in [0.25, 0.3) is 10.2 Å². The maximum atomic E-state index is 12.3. The number of benzene rings is 1. The average molecular weight is 326 g/mol. The van der Waals surface area contributed by atoms with Gasteiger partial charge >= 0.3 is 0 Å². The second kappa shape index (κ2) is 7.08. The van der Waals surface area contributed by atoms with Crippen molar-refractivity contribution in [2.45, 2.75) is 25.9 Å². The molecule has 0 unspecified atom stereocenters. The van der Waals surface area contributed by atoms with Gasteiger partial charge in [-0.1, -0.05) is 29.8 Å². The summed E-state index contributed by atoms with van der Waals surface area (Å²) in [6, 6.07) is 8.37. The minimum Gasteiger partial charge on any atom is -0.381 e. The molecule has 0 spiro atoms. The van der Waals surface area contributed by atoms with Crippen LogP contribution in [0.5, 0.6) is 0 Å². The molecule has 1 heterocycles. The van der Waals surface area contributed by atoms with E-state index in [4.69, 9.17) is 4.74 Å². The van der Waals surface area contributed by atoms with Crippen molar-refractivity contribution in [2.24, 2.45) is 5.92 Å². The fourth-order valence-electron chi connectivity index (χ4n) is 3.07. The second-order valence-corrected chi connectivity index (χ2v) is 8.31. The molecule has 1 fully saturated rings. The van der Waals surface area contributed by atoms with Gasteiger partial charge in [-0.05, 0) is 25.3 Å². The summed E-state index contributed by atoms with van der Waals surface area (Å²) in [5.74, 6) is 0.176. The minimum atomic E-state index is -3.35. The Bertz CT molecular complexity index is 601. The maximum absolute atomic E-state index is 12.3. The van der Waals surface area contributed by atoms with Crippen LogP contribution >= 0.6 is 0 Å². The monoisotopic (exact) mass is 326 g/mol. The average Bonchev–Trinajstić information content (AvgIpc) is 2.47. The molecule has 2 rings (SSSR count). The molecular formula is C16H26N2O3S. The SMILES string of the molecule is CO[C@@H]1CCN(S(=O)(=O)N(C)C)C[C@@H]1Cc1cccc(C)c1. The molecule has 1 aromatic rings. The molecule has 1 aromatic carbocycles. The molecule has 124 valence electrons. The third kappa shape index (κ3) is 3.87. The minimum absolute atomic E-state index is 0.106. The van der Waals surface area contributed by atoms with Crippen LogP contribution in [0.3, 0.4) is 0 Å². The van der Waals surface area contributed by atoms with Crippen molar-refractivity contribution in [3.05, 3.63) is 35.4 Å². The first-order valence-corrected chi connectivity index (χ1v) is 9.00. The van der Waals surface area contributed by atoms with E-state index in [0.29, 0.717) is 13.1 Å². The Morgan fingerprint density at radius 3 is 2.68 bits per heavy atom. The van der Waals surface area contributed by atoms with E-state index in [-0.39, 0.29) is 12.0 Å². The van der Waals surface area contributed by atoms with Crippen LogP contribution in [-0.2, 0) is 21.4 Å². The molecule has 0 amide bonds. The fourth-order valence-corrected chi connectivity index (χ4v) is 4.24. The molecule has 22 heavy (non-hydrogen) atoms. The van der Waals surface area contributed by atoms with E-state index >= 15 is 0 Å². The lowest BCUT2D eigenvalue weighted by Crippen LogP contribution is -2.50. The first kappa shape index (κ1) is 17.4. The van der Waals surface area contributed by atoms with E-state index in [2.05, 4.69) is 25.1 Å². The van der Waals surface area contributed by atoms with Crippen molar-refractivity contribution in [2.75, 3.05) is 34.3 Å². The molecule has 2 atom stereocenters. The Morgan fingerprint density at radius 2 is 2.09 bits per heavy atom. The first-order valence-electron chi connectivity index (χ1n) is 7.60. The molecule has 1 aliphatic heterocycles. The van der Waals surface area contributed by atoms with Gasteiger partial charge in [0.2, 0.25) is 0 Å². The van der Waals surface area contributed by atoms with Crippen LogP contribution in [0.15, 0.2) is 24.3 Å². The smallest absolute Gasteiger partial charge is 0.281 e. The normalized spacial score (nSPS) is 23.9. The van der Waals surface area contributed by atoms with Crippen molar-refractivity contribution in [3.8, 4) is 0 Å². The predicted octanol–water partition coefficient (Wildman–Crippen LogP) is 1.68. The van der Waals surface area contributed by atoms with E-state index < -0.39 is 10.2 Å². The number of aryl methyl sites for hydroxylation is 1. The van der Waals surface area contributed by atoms with Gasteiger partial charge in [-0.25, -0.2) is 0 Å². The Balaban J connectivity index is 2.16. The molecular weight excluding hydrogens is 300 g/mol. The highest BCUT2D eigenvalue weighted by Crippen LogP contribution is 2.26. The summed E-state index contributed by atoms with van der Waals surface area (Å²) in [6.45, 7) is 3.09. The van der Waals surface area contributed by atoms with Crippen LogP contribution in [0.2, 0.25) is 0 Å². The number of methoxy groups -OCH3 is 1. The van der Waals surface area contributed by atoms with Crippen molar-refractivity contribution >= 4 is 10.2 Å². The highest BCUT2D eigenvalue weighted by atomic mass is 32.2. The van der Waals surface area contributed by atoms with E-state index in [1.54, 1.807) is 25.5 Å². The lowest BCUT2D eigenvalue weighted by atomic mass is 9.89. The number of hydrogen-bond donors (Lipinski definition) is 0. The zero-order valence-electron chi connectivity index (χ0n) is 13.8. The summed E-state index contributed by atoms with van der Waals surface area (Å²) in [5.41, 5.74) is 2.45. The van der Waals surface area contributed by atoms with Crippen LogP contribution in [0.4, 0.5) is 0 Å². The number of rotatable bonds is 5. The summed E-state index contributed by atoms with van der Waals surface area (Å²) < 4.78 is 33.1. The number of hydrogen-bond acceptors (Lipinski definition) is 3. The summed E-state index contributed by atoms with van der Waals surface area (Å²) in [5, 5.41) is 0. The van der Waals surface area contributed by atoms with Gasteiger partial charge in [0.05, 0.1) is 6.10 Å². The van der Waals surface area contributed by atoms with E-state index in [1.165, 1.54) is 15.4 Å². The summed E-state index contributed by atoms with van der Waals surface area (Å²) in [6.07, 6.45) is 1.67. The zero-order valence-corrected chi connectivity index (χ0v) is 14.6. The largest absolute Gasteiger partial charge is 0.381 e.